The summed E-state index contributed by atoms with van der Waals surface area (Å²) in [6.45, 7) is 2.04. The predicted octanol–water partition coefficient (Wildman–Crippen LogP) is 3.89. The Hall–Kier alpha value is -2.73. The minimum Gasteiger partial charge on any atom is -0.361 e. The van der Waals surface area contributed by atoms with Crippen LogP contribution in [0, 0.1) is 6.92 Å². The summed E-state index contributed by atoms with van der Waals surface area (Å²) < 4.78 is 0. The van der Waals surface area contributed by atoms with Crippen molar-refractivity contribution >= 4 is 33.8 Å². The third kappa shape index (κ3) is 3.44. The lowest BCUT2D eigenvalue weighted by Crippen LogP contribution is -2.13. The molecule has 0 saturated carbocycles. The van der Waals surface area contributed by atoms with E-state index in [-0.39, 0.29) is 5.78 Å². The number of ketones is 1. The van der Waals surface area contributed by atoms with Crippen molar-refractivity contribution in [3.8, 4) is 0 Å². The first kappa shape index (κ1) is 16.1. The fourth-order valence-corrected chi connectivity index (χ4v) is 3.23. The molecule has 0 bridgehead atoms. The number of hydrogen-bond donors (Lipinski definition) is 1. The van der Waals surface area contributed by atoms with E-state index in [0.717, 1.165) is 5.69 Å². The summed E-state index contributed by atoms with van der Waals surface area (Å²) in [5.41, 5.74) is 2.70. The molecule has 0 aliphatic carbocycles. The summed E-state index contributed by atoms with van der Waals surface area (Å²) in [7, 11) is 3.76. The first-order valence-electron chi connectivity index (χ1n) is 7.51. The van der Waals surface area contributed by atoms with E-state index in [1.54, 1.807) is 24.5 Å². The molecule has 122 valence electrons. The molecule has 3 rings (SSSR count). The number of nitrogens with zero attached hydrogens (tertiary/aromatic N) is 3. The molecule has 6 heteroatoms. The lowest BCUT2D eigenvalue weighted by atomic mass is 10.1. The number of pyridine rings is 1. The second-order valence-corrected chi connectivity index (χ2v) is 6.63. The summed E-state index contributed by atoms with van der Waals surface area (Å²) in [4.78, 5) is 23.8. The number of carbonyl (C=O) groups excluding carboxylic acids is 1. The quantitative estimate of drug-likeness (QED) is 0.715. The van der Waals surface area contributed by atoms with Crippen LogP contribution in [0.25, 0.3) is 0 Å². The summed E-state index contributed by atoms with van der Waals surface area (Å²) >= 11 is 1.35. The predicted molar refractivity (Wildman–Crippen MR) is 98.6 cm³/mol. The highest BCUT2D eigenvalue weighted by Gasteiger charge is 2.21. The third-order valence-corrected chi connectivity index (χ3v) is 4.42. The molecule has 1 aromatic carbocycles. The molecule has 0 radical (unpaired) electrons. The van der Waals surface area contributed by atoms with Gasteiger partial charge in [0, 0.05) is 37.7 Å². The fraction of sp³-hybridized carbons (Fsp3) is 0.167. The summed E-state index contributed by atoms with van der Waals surface area (Å²) in [6.07, 6.45) is 3.23. The highest BCUT2D eigenvalue weighted by Crippen LogP contribution is 2.32. The van der Waals surface area contributed by atoms with E-state index >= 15 is 0 Å². The van der Waals surface area contributed by atoms with Gasteiger partial charge in [0.15, 0.2) is 10.9 Å². The lowest BCUT2D eigenvalue weighted by Gasteiger charge is -2.10. The Morgan fingerprint density at radius 1 is 1.17 bits per heavy atom. The van der Waals surface area contributed by atoms with E-state index < -0.39 is 0 Å². The molecule has 0 unspecified atom stereocenters. The number of aryl methyl sites for hydroxylation is 1. The summed E-state index contributed by atoms with van der Waals surface area (Å²) in [5, 5.41) is 3.96. The van der Waals surface area contributed by atoms with Crippen LogP contribution < -0.4 is 10.2 Å². The monoisotopic (exact) mass is 338 g/mol. The molecule has 0 atom stereocenters. The highest BCUT2D eigenvalue weighted by molar-refractivity contribution is 7.18. The minimum absolute atomic E-state index is 0.0683. The van der Waals surface area contributed by atoms with Crippen LogP contribution in [-0.4, -0.2) is 29.8 Å². The molecule has 0 aliphatic rings. The minimum atomic E-state index is -0.0683. The molecule has 3 aromatic rings. The molecule has 5 nitrogen and oxygen atoms in total. The Morgan fingerprint density at radius 3 is 2.54 bits per heavy atom. The van der Waals surface area contributed by atoms with Gasteiger partial charge in [-0.2, -0.15) is 0 Å². The van der Waals surface area contributed by atoms with Crippen LogP contribution in [0.3, 0.4) is 0 Å². The van der Waals surface area contributed by atoms with Crippen molar-refractivity contribution in [2.45, 2.75) is 6.92 Å². The first-order chi connectivity index (χ1) is 11.5. The van der Waals surface area contributed by atoms with Gasteiger partial charge in [0.1, 0.15) is 4.88 Å². The molecular weight excluding hydrogens is 320 g/mol. The van der Waals surface area contributed by atoms with Crippen LogP contribution in [0.4, 0.5) is 16.6 Å². The van der Waals surface area contributed by atoms with Crippen molar-refractivity contribution in [1.29, 1.82) is 0 Å². The van der Waals surface area contributed by atoms with E-state index in [1.807, 2.05) is 50.2 Å². The smallest absolute Gasteiger partial charge is 0.208 e. The normalized spacial score (nSPS) is 10.5. The number of carbonyl (C=O) groups is 1. The van der Waals surface area contributed by atoms with Crippen LogP contribution in [0.5, 0.6) is 0 Å². The number of hydrogen-bond acceptors (Lipinski definition) is 6. The van der Waals surface area contributed by atoms with Gasteiger partial charge in [-0.05, 0) is 31.2 Å². The van der Waals surface area contributed by atoms with Crippen molar-refractivity contribution in [1.82, 2.24) is 9.97 Å². The molecule has 0 saturated heterocycles. The summed E-state index contributed by atoms with van der Waals surface area (Å²) in [6, 6.07) is 11.6. The number of aromatic nitrogens is 2. The zero-order chi connectivity index (χ0) is 17.1. The zero-order valence-corrected chi connectivity index (χ0v) is 14.6. The summed E-state index contributed by atoms with van der Waals surface area (Å²) in [5.74, 6) is 0.588. The van der Waals surface area contributed by atoms with Crippen LogP contribution in [-0.2, 0) is 0 Å². The number of thiazole rings is 1. The Morgan fingerprint density at radius 2 is 1.92 bits per heavy atom. The first-order valence-corrected chi connectivity index (χ1v) is 8.33. The zero-order valence-electron chi connectivity index (χ0n) is 13.8. The van der Waals surface area contributed by atoms with Crippen molar-refractivity contribution in [3.05, 3.63) is 64.8 Å². The van der Waals surface area contributed by atoms with Crippen molar-refractivity contribution in [2.24, 2.45) is 0 Å². The van der Waals surface area contributed by atoms with Crippen molar-refractivity contribution in [2.75, 3.05) is 24.3 Å². The van der Waals surface area contributed by atoms with Crippen molar-refractivity contribution < 1.29 is 4.79 Å². The molecule has 2 heterocycles. The standard InChI is InChI=1S/C18H18N4OS/c1-12-6-8-14(9-7-12)20-18-21-17(22(2)3)16(24-18)15(23)13-5-4-10-19-11-13/h4-11H,1-3H3,(H,20,21). The van der Waals surface area contributed by atoms with Crippen LogP contribution in [0.1, 0.15) is 20.8 Å². The van der Waals surface area contributed by atoms with Crippen molar-refractivity contribution in [3.63, 3.8) is 0 Å². The van der Waals surface area contributed by atoms with E-state index in [2.05, 4.69) is 15.3 Å². The van der Waals surface area contributed by atoms with Gasteiger partial charge in [-0.3, -0.25) is 9.78 Å². The Labute approximate surface area is 145 Å². The Balaban J connectivity index is 1.93. The SMILES string of the molecule is Cc1ccc(Nc2nc(N(C)C)c(C(=O)c3cccnc3)s2)cc1. The maximum absolute atomic E-state index is 12.8. The second-order valence-electron chi connectivity index (χ2n) is 5.63. The van der Waals surface area contributed by atoms with Crippen LogP contribution >= 0.6 is 11.3 Å². The Kier molecular flexibility index (Phi) is 4.57. The third-order valence-electron chi connectivity index (χ3n) is 3.47. The molecule has 0 fully saturated rings. The van der Waals surface area contributed by atoms with Gasteiger partial charge in [-0.25, -0.2) is 4.98 Å². The molecule has 2 aromatic heterocycles. The number of anilines is 3. The lowest BCUT2D eigenvalue weighted by molar-refractivity contribution is 0.104. The van der Waals surface area contributed by atoms with Gasteiger partial charge < -0.3 is 10.2 Å². The molecular formula is C18H18N4OS. The van der Waals surface area contributed by atoms with Crippen LogP contribution in [0.2, 0.25) is 0 Å². The molecule has 0 aliphatic heterocycles. The topological polar surface area (TPSA) is 58.1 Å². The van der Waals surface area contributed by atoms with Gasteiger partial charge in [0.05, 0.1) is 0 Å². The average Bonchev–Trinajstić information content (AvgIpc) is 3.01. The van der Waals surface area contributed by atoms with Gasteiger partial charge in [0.2, 0.25) is 5.78 Å². The molecule has 0 amide bonds. The second kappa shape index (κ2) is 6.80. The molecule has 1 N–H and O–H groups in total. The highest BCUT2D eigenvalue weighted by atomic mass is 32.1. The van der Waals surface area contributed by atoms with Gasteiger partial charge >= 0.3 is 0 Å². The maximum atomic E-state index is 12.8. The van der Waals surface area contributed by atoms with Gasteiger partial charge in [0.25, 0.3) is 0 Å². The van der Waals surface area contributed by atoms with Gasteiger partial charge in [-0.1, -0.05) is 29.0 Å². The van der Waals surface area contributed by atoms with E-state index in [4.69, 9.17) is 0 Å². The molecule has 0 spiro atoms. The number of benzene rings is 1. The number of rotatable bonds is 5. The fourth-order valence-electron chi connectivity index (χ4n) is 2.21. The largest absolute Gasteiger partial charge is 0.361 e. The maximum Gasteiger partial charge on any atom is 0.208 e. The average molecular weight is 338 g/mol. The van der Waals surface area contributed by atoms with Crippen LogP contribution in [0.15, 0.2) is 48.8 Å². The van der Waals surface area contributed by atoms with E-state index in [1.165, 1.54) is 16.9 Å². The molecule has 24 heavy (non-hydrogen) atoms. The van der Waals surface area contributed by atoms with E-state index in [9.17, 15) is 4.79 Å². The van der Waals surface area contributed by atoms with E-state index in [0.29, 0.717) is 21.4 Å². The van der Waals surface area contributed by atoms with Gasteiger partial charge in [-0.15, -0.1) is 0 Å². The number of nitrogens with one attached hydrogen (secondary N) is 1. The Bertz CT molecular complexity index is 841.